The molecule has 0 amide bonds. The standard InChI is InChI=1S/C6H6N2S3/c9-7-5-3-1-2-4-6(5)11-8(7)10/h1-4,9-10H. The Hall–Kier alpha value is 0.0300. The molecule has 11 heavy (non-hydrogen) atoms. The number of fused-ring (bicyclic) bond motifs is 1. The lowest BCUT2D eigenvalue weighted by molar-refractivity contribution is 0.859. The van der Waals surface area contributed by atoms with E-state index in [-0.39, 0.29) is 0 Å². The summed E-state index contributed by atoms with van der Waals surface area (Å²) in [6.45, 7) is 0. The van der Waals surface area contributed by atoms with Gasteiger partial charge in [-0.1, -0.05) is 28.8 Å². The lowest BCUT2D eigenvalue weighted by atomic mass is 10.3. The predicted molar refractivity (Wildman–Crippen MR) is 54.6 cm³/mol. The maximum absolute atomic E-state index is 4.23. The maximum Gasteiger partial charge on any atom is 0.0816 e. The largest absolute Gasteiger partial charge is 0.230 e. The monoisotopic (exact) mass is 202 g/mol. The van der Waals surface area contributed by atoms with Crippen molar-refractivity contribution in [3.8, 4) is 0 Å². The van der Waals surface area contributed by atoms with E-state index in [4.69, 9.17) is 0 Å². The second kappa shape index (κ2) is 2.82. The molecule has 0 unspecified atom stereocenters. The van der Waals surface area contributed by atoms with Crippen LogP contribution in [0.3, 0.4) is 0 Å². The van der Waals surface area contributed by atoms with Crippen LogP contribution in [0.4, 0.5) is 5.69 Å². The van der Waals surface area contributed by atoms with Gasteiger partial charge in [0.05, 0.1) is 10.6 Å². The average Bonchev–Trinajstić information content (AvgIpc) is 2.30. The summed E-state index contributed by atoms with van der Waals surface area (Å²) in [5.74, 6) is 0. The van der Waals surface area contributed by atoms with Crippen molar-refractivity contribution in [2.45, 2.75) is 4.90 Å². The summed E-state index contributed by atoms with van der Waals surface area (Å²) < 4.78 is 3.37. The molecular weight excluding hydrogens is 196 g/mol. The van der Waals surface area contributed by atoms with E-state index in [2.05, 4.69) is 25.6 Å². The van der Waals surface area contributed by atoms with E-state index in [0.717, 1.165) is 5.69 Å². The first-order valence-electron chi connectivity index (χ1n) is 3.04. The van der Waals surface area contributed by atoms with Crippen LogP contribution in [0.5, 0.6) is 0 Å². The van der Waals surface area contributed by atoms with Crippen LogP contribution >= 0.6 is 37.6 Å². The molecule has 1 aromatic rings. The molecule has 58 valence electrons. The van der Waals surface area contributed by atoms with Gasteiger partial charge in [-0.25, -0.2) is 4.41 Å². The number of anilines is 1. The van der Waals surface area contributed by atoms with Gasteiger partial charge in [0.2, 0.25) is 0 Å². The number of thiol groups is 2. The number of nitrogens with zero attached hydrogens (tertiary/aromatic N) is 2. The van der Waals surface area contributed by atoms with Crippen LogP contribution in [0, 0.1) is 0 Å². The van der Waals surface area contributed by atoms with Crippen LogP contribution in [-0.2, 0) is 0 Å². The third-order valence-corrected chi connectivity index (χ3v) is 3.37. The first kappa shape index (κ1) is 7.67. The first-order chi connectivity index (χ1) is 5.29. The molecule has 1 aliphatic rings. The molecule has 0 N–H and O–H groups in total. The van der Waals surface area contributed by atoms with Crippen molar-refractivity contribution >= 4 is 43.3 Å². The second-order valence-electron chi connectivity index (χ2n) is 2.10. The summed E-state index contributed by atoms with van der Waals surface area (Å²) in [5.41, 5.74) is 1.08. The maximum atomic E-state index is 4.23. The summed E-state index contributed by atoms with van der Waals surface area (Å²) in [7, 11) is 0. The molecule has 0 saturated carbocycles. The fourth-order valence-corrected chi connectivity index (χ4v) is 2.36. The van der Waals surface area contributed by atoms with Crippen molar-refractivity contribution < 1.29 is 0 Å². The third kappa shape index (κ3) is 1.22. The van der Waals surface area contributed by atoms with Crippen LogP contribution in [0.25, 0.3) is 0 Å². The number of benzene rings is 1. The van der Waals surface area contributed by atoms with Gasteiger partial charge in [0, 0.05) is 0 Å². The zero-order valence-electron chi connectivity index (χ0n) is 5.51. The molecule has 1 heterocycles. The molecule has 1 aliphatic heterocycles. The van der Waals surface area contributed by atoms with E-state index in [1.54, 1.807) is 20.2 Å². The Morgan fingerprint density at radius 2 is 1.91 bits per heavy atom. The minimum Gasteiger partial charge on any atom is -0.230 e. The molecule has 0 spiro atoms. The number of rotatable bonds is 0. The Balaban J connectivity index is 2.47. The number of hydrogen-bond donors (Lipinski definition) is 2. The van der Waals surface area contributed by atoms with Crippen molar-refractivity contribution in [2.75, 3.05) is 4.41 Å². The highest BCUT2D eigenvalue weighted by Gasteiger charge is 2.22. The molecule has 2 nitrogen and oxygen atoms in total. The molecule has 0 aromatic heterocycles. The SMILES string of the molecule is SN1Sc2ccccc2N1S. The average molecular weight is 202 g/mol. The molecule has 1 aromatic carbocycles. The topological polar surface area (TPSA) is 6.48 Å². The number of hydrazine groups is 1. The predicted octanol–water partition coefficient (Wildman–Crippen LogP) is 2.42. The first-order valence-corrected chi connectivity index (χ1v) is 4.61. The van der Waals surface area contributed by atoms with Crippen molar-refractivity contribution in [2.24, 2.45) is 0 Å². The van der Waals surface area contributed by atoms with Crippen molar-refractivity contribution in [1.82, 2.24) is 3.82 Å². The van der Waals surface area contributed by atoms with Gasteiger partial charge in [0.25, 0.3) is 0 Å². The van der Waals surface area contributed by atoms with Gasteiger partial charge in [-0.05, 0) is 36.9 Å². The normalized spacial score (nSPS) is 17.1. The highest BCUT2D eigenvalue weighted by atomic mass is 32.2. The molecule has 0 atom stereocenters. The van der Waals surface area contributed by atoms with Gasteiger partial charge < -0.3 is 0 Å². The van der Waals surface area contributed by atoms with Crippen LogP contribution in [0.2, 0.25) is 0 Å². The summed E-state index contributed by atoms with van der Waals surface area (Å²) in [4.78, 5) is 1.18. The van der Waals surface area contributed by atoms with Gasteiger partial charge in [-0.15, -0.1) is 0 Å². The highest BCUT2D eigenvalue weighted by Crippen LogP contribution is 2.43. The van der Waals surface area contributed by atoms with Gasteiger partial charge in [-0.3, -0.25) is 0 Å². The number of hydrogen-bond acceptors (Lipinski definition) is 5. The van der Waals surface area contributed by atoms with Crippen LogP contribution < -0.4 is 4.41 Å². The number of para-hydroxylation sites is 1. The summed E-state index contributed by atoms with van der Waals surface area (Å²) in [5, 5.41) is 0. The van der Waals surface area contributed by atoms with E-state index in [9.17, 15) is 0 Å². The van der Waals surface area contributed by atoms with Crippen LogP contribution in [0.1, 0.15) is 0 Å². The van der Waals surface area contributed by atoms with E-state index in [1.165, 1.54) is 4.90 Å². The van der Waals surface area contributed by atoms with Gasteiger partial charge in [0.15, 0.2) is 0 Å². The fourth-order valence-electron chi connectivity index (χ4n) is 0.918. The molecule has 0 saturated heterocycles. The zero-order valence-corrected chi connectivity index (χ0v) is 8.11. The van der Waals surface area contributed by atoms with Gasteiger partial charge in [0.1, 0.15) is 0 Å². The summed E-state index contributed by atoms with van der Waals surface area (Å²) >= 11 is 9.95. The van der Waals surface area contributed by atoms with E-state index in [0.29, 0.717) is 0 Å². The van der Waals surface area contributed by atoms with E-state index in [1.807, 2.05) is 24.3 Å². The Morgan fingerprint density at radius 1 is 1.18 bits per heavy atom. The molecule has 0 bridgehead atoms. The summed E-state index contributed by atoms with van der Waals surface area (Å²) in [6.07, 6.45) is 0. The fraction of sp³-hybridized carbons (Fsp3) is 0. The Kier molecular flexibility index (Phi) is 1.97. The van der Waals surface area contributed by atoms with Crippen molar-refractivity contribution in [3.05, 3.63) is 24.3 Å². The second-order valence-corrected chi connectivity index (χ2v) is 4.10. The molecule has 0 fully saturated rings. The molecule has 5 heteroatoms. The third-order valence-electron chi connectivity index (χ3n) is 1.42. The molecule has 0 radical (unpaired) electrons. The minimum absolute atomic E-state index is 1.08. The summed E-state index contributed by atoms with van der Waals surface area (Å²) in [6, 6.07) is 8.03. The lowest BCUT2D eigenvalue weighted by Crippen LogP contribution is -2.14. The molecule has 2 rings (SSSR count). The molecular formula is C6H6N2S3. The van der Waals surface area contributed by atoms with Crippen LogP contribution in [0.15, 0.2) is 29.2 Å². The Morgan fingerprint density at radius 3 is 2.64 bits per heavy atom. The smallest absolute Gasteiger partial charge is 0.0816 e. The minimum atomic E-state index is 1.08. The van der Waals surface area contributed by atoms with Crippen LogP contribution in [-0.4, -0.2) is 3.82 Å². The van der Waals surface area contributed by atoms with E-state index < -0.39 is 0 Å². The highest BCUT2D eigenvalue weighted by molar-refractivity contribution is 8.07. The van der Waals surface area contributed by atoms with Crippen molar-refractivity contribution in [3.63, 3.8) is 0 Å². The quantitative estimate of drug-likeness (QED) is 0.493. The lowest BCUT2D eigenvalue weighted by Gasteiger charge is -2.15. The van der Waals surface area contributed by atoms with Crippen molar-refractivity contribution in [1.29, 1.82) is 0 Å². The molecule has 0 aliphatic carbocycles. The Labute approximate surface area is 80.8 Å². The van der Waals surface area contributed by atoms with Gasteiger partial charge >= 0.3 is 0 Å². The van der Waals surface area contributed by atoms with E-state index >= 15 is 0 Å². The van der Waals surface area contributed by atoms with Gasteiger partial charge in [-0.2, -0.15) is 0 Å². The Bertz CT molecular complexity index is 278. The zero-order chi connectivity index (χ0) is 7.84.